The average molecular weight is 388 g/mol. The molecule has 1 unspecified atom stereocenters. The summed E-state index contributed by atoms with van der Waals surface area (Å²) in [7, 11) is 0. The van der Waals surface area contributed by atoms with E-state index in [1.807, 2.05) is 17.0 Å². The van der Waals surface area contributed by atoms with Crippen molar-refractivity contribution in [3.05, 3.63) is 34.9 Å². The lowest BCUT2D eigenvalue weighted by Gasteiger charge is -2.40. The van der Waals surface area contributed by atoms with Gasteiger partial charge >= 0.3 is 0 Å². The molecule has 1 aromatic carbocycles. The molecule has 0 aromatic heterocycles. The van der Waals surface area contributed by atoms with Gasteiger partial charge < -0.3 is 15.7 Å². The first kappa shape index (κ1) is 21.0. The van der Waals surface area contributed by atoms with E-state index in [9.17, 15) is 14.7 Å². The number of amides is 1. The van der Waals surface area contributed by atoms with Crippen molar-refractivity contribution in [2.45, 2.75) is 58.2 Å². The minimum atomic E-state index is -0.664. The van der Waals surface area contributed by atoms with Gasteiger partial charge in [0.15, 0.2) is 5.78 Å². The highest BCUT2D eigenvalue weighted by Gasteiger charge is 2.29. The number of Topliss-reactive ketones (excluding diaryl/α,β-unsaturated/α-hetero) is 1. The maximum Gasteiger partial charge on any atom is 0.222 e. The van der Waals surface area contributed by atoms with Crippen LogP contribution in [0.25, 0.3) is 0 Å². The maximum absolute atomic E-state index is 12.4. The number of nitrogens with two attached hydrogens (primary N) is 1. The molecule has 2 aliphatic heterocycles. The topological polar surface area (TPSA) is 86.9 Å². The largest absolute Gasteiger partial charge is 0.389 e. The van der Waals surface area contributed by atoms with Crippen molar-refractivity contribution in [3.63, 3.8) is 0 Å². The van der Waals surface area contributed by atoms with Crippen LogP contribution in [-0.4, -0.2) is 58.8 Å². The summed E-state index contributed by atoms with van der Waals surface area (Å²) < 4.78 is 0. The molecule has 3 rings (SSSR count). The number of rotatable bonds is 7. The quantitative estimate of drug-likeness (QED) is 0.700. The molecule has 154 valence electrons. The maximum atomic E-state index is 12.4. The molecule has 1 atom stereocenters. The fourth-order valence-corrected chi connectivity index (χ4v) is 4.42. The number of piperidine rings is 1. The summed E-state index contributed by atoms with van der Waals surface area (Å²) in [5.74, 6) is 0.786. The van der Waals surface area contributed by atoms with Gasteiger partial charge in [-0.2, -0.15) is 0 Å². The molecule has 2 aliphatic rings. The number of aliphatic hydroxyl groups is 1. The Kier molecular flexibility index (Phi) is 6.86. The van der Waals surface area contributed by atoms with Crippen molar-refractivity contribution < 1.29 is 14.7 Å². The van der Waals surface area contributed by atoms with Crippen molar-refractivity contribution in [3.8, 4) is 0 Å². The Balaban J connectivity index is 1.47. The summed E-state index contributed by atoms with van der Waals surface area (Å²) in [6.07, 6.45) is 2.70. The molecule has 2 saturated heterocycles. The molecule has 0 aliphatic carbocycles. The van der Waals surface area contributed by atoms with E-state index in [0.29, 0.717) is 17.9 Å². The zero-order valence-corrected chi connectivity index (χ0v) is 17.1. The van der Waals surface area contributed by atoms with E-state index in [1.165, 1.54) is 6.92 Å². The van der Waals surface area contributed by atoms with E-state index in [2.05, 4.69) is 4.90 Å². The highest BCUT2D eigenvalue weighted by Crippen LogP contribution is 2.28. The van der Waals surface area contributed by atoms with Gasteiger partial charge in [0.05, 0.1) is 6.10 Å². The van der Waals surface area contributed by atoms with Crippen LogP contribution in [0.3, 0.4) is 0 Å². The lowest BCUT2D eigenvalue weighted by atomic mass is 9.91. The van der Waals surface area contributed by atoms with Crippen LogP contribution < -0.4 is 5.73 Å². The zero-order valence-electron chi connectivity index (χ0n) is 17.1. The summed E-state index contributed by atoms with van der Waals surface area (Å²) in [6.45, 7) is 7.50. The van der Waals surface area contributed by atoms with Crippen LogP contribution in [0.5, 0.6) is 0 Å². The van der Waals surface area contributed by atoms with Crippen molar-refractivity contribution >= 4 is 11.7 Å². The lowest BCUT2D eigenvalue weighted by Crippen LogP contribution is -2.47. The van der Waals surface area contributed by atoms with Gasteiger partial charge in [-0.05, 0) is 50.2 Å². The van der Waals surface area contributed by atoms with Crippen LogP contribution in [0, 0.1) is 5.92 Å². The molecule has 0 saturated carbocycles. The molecular formula is C22H33N3O3. The van der Waals surface area contributed by atoms with Crippen molar-refractivity contribution in [1.82, 2.24) is 9.80 Å². The van der Waals surface area contributed by atoms with Gasteiger partial charge in [0.2, 0.25) is 5.91 Å². The minimum Gasteiger partial charge on any atom is -0.389 e. The summed E-state index contributed by atoms with van der Waals surface area (Å²) in [4.78, 5) is 28.5. The second kappa shape index (κ2) is 9.16. The number of hydrogen-bond acceptors (Lipinski definition) is 5. The zero-order chi connectivity index (χ0) is 20.3. The van der Waals surface area contributed by atoms with Crippen LogP contribution in [-0.2, 0) is 11.3 Å². The normalized spacial score (nSPS) is 20.1. The first-order chi connectivity index (χ1) is 13.3. The molecule has 0 radical (unpaired) electrons. The Labute approximate surface area is 167 Å². The Morgan fingerprint density at radius 2 is 1.93 bits per heavy atom. The van der Waals surface area contributed by atoms with Gasteiger partial charge in [-0.1, -0.05) is 18.2 Å². The second-order valence-corrected chi connectivity index (χ2v) is 8.43. The summed E-state index contributed by atoms with van der Waals surface area (Å²) in [5, 5.41) is 10.2. The molecule has 6 nitrogen and oxygen atoms in total. The van der Waals surface area contributed by atoms with Crippen LogP contribution in [0.1, 0.15) is 67.1 Å². The SMILES string of the molecule is CC(=O)c1cccc(CN2CC(CCC(=O)N3CCC(N)CC3)C2)c1C(C)O. The molecule has 1 aromatic rings. The highest BCUT2D eigenvalue weighted by atomic mass is 16.3. The van der Waals surface area contributed by atoms with Gasteiger partial charge in [0.1, 0.15) is 0 Å². The first-order valence-electron chi connectivity index (χ1n) is 10.4. The van der Waals surface area contributed by atoms with Crippen LogP contribution in [0.2, 0.25) is 0 Å². The average Bonchev–Trinajstić information content (AvgIpc) is 2.63. The Hall–Kier alpha value is -1.76. The van der Waals surface area contributed by atoms with E-state index >= 15 is 0 Å². The van der Waals surface area contributed by atoms with E-state index in [1.54, 1.807) is 13.0 Å². The molecule has 3 N–H and O–H groups in total. The molecule has 2 heterocycles. The van der Waals surface area contributed by atoms with Gasteiger partial charge in [0.25, 0.3) is 0 Å². The highest BCUT2D eigenvalue weighted by molar-refractivity contribution is 5.96. The van der Waals surface area contributed by atoms with Crippen molar-refractivity contribution in [2.75, 3.05) is 26.2 Å². The van der Waals surface area contributed by atoms with Crippen molar-refractivity contribution in [1.29, 1.82) is 0 Å². The van der Waals surface area contributed by atoms with Gasteiger partial charge in [-0.15, -0.1) is 0 Å². The van der Waals surface area contributed by atoms with Gasteiger partial charge in [-0.3, -0.25) is 14.5 Å². The molecule has 0 spiro atoms. The number of ketones is 1. The Bertz CT molecular complexity index is 705. The van der Waals surface area contributed by atoms with Crippen LogP contribution >= 0.6 is 0 Å². The molecule has 6 heteroatoms. The number of aliphatic hydroxyl groups excluding tert-OH is 1. The van der Waals surface area contributed by atoms with Gasteiger partial charge in [0, 0.05) is 50.7 Å². The third-order valence-electron chi connectivity index (χ3n) is 6.08. The van der Waals surface area contributed by atoms with Crippen LogP contribution in [0.15, 0.2) is 18.2 Å². The number of hydrogen-bond donors (Lipinski definition) is 2. The van der Waals surface area contributed by atoms with E-state index in [4.69, 9.17) is 5.73 Å². The molecular weight excluding hydrogens is 354 g/mol. The van der Waals surface area contributed by atoms with E-state index < -0.39 is 6.10 Å². The molecule has 1 amide bonds. The number of nitrogens with zero attached hydrogens (tertiary/aromatic N) is 2. The predicted octanol–water partition coefficient (Wildman–Crippen LogP) is 2.10. The Morgan fingerprint density at radius 1 is 1.25 bits per heavy atom. The lowest BCUT2D eigenvalue weighted by molar-refractivity contribution is -0.132. The van der Waals surface area contributed by atoms with E-state index in [-0.39, 0.29) is 17.7 Å². The fraction of sp³-hybridized carbons (Fsp3) is 0.636. The molecule has 2 fully saturated rings. The predicted molar refractivity (Wildman–Crippen MR) is 109 cm³/mol. The monoisotopic (exact) mass is 387 g/mol. The number of carbonyl (C=O) groups is 2. The smallest absolute Gasteiger partial charge is 0.222 e. The number of likely N-dealkylation sites (tertiary alicyclic amines) is 2. The third-order valence-corrected chi connectivity index (χ3v) is 6.08. The fourth-order valence-electron chi connectivity index (χ4n) is 4.42. The van der Waals surface area contributed by atoms with Crippen LogP contribution in [0.4, 0.5) is 0 Å². The summed E-state index contributed by atoms with van der Waals surface area (Å²) >= 11 is 0. The third kappa shape index (κ3) is 4.99. The first-order valence-corrected chi connectivity index (χ1v) is 10.4. The molecule has 28 heavy (non-hydrogen) atoms. The number of carbonyl (C=O) groups excluding carboxylic acids is 2. The summed E-state index contributed by atoms with van der Waals surface area (Å²) in [6, 6.07) is 5.91. The Morgan fingerprint density at radius 3 is 2.54 bits per heavy atom. The van der Waals surface area contributed by atoms with Gasteiger partial charge in [-0.25, -0.2) is 0 Å². The molecule has 0 bridgehead atoms. The number of benzene rings is 1. The summed E-state index contributed by atoms with van der Waals surface area (Å²) in [5.41, 5.74) is 8.28. The minimum absolute atomic E-state index is 0.0172. The van der Waals surface area contributed by atoms with Crippen molar-refractivity contribution in [2.24, 2.45) is 11.7 Å². The standard InChI is InChI=1S/C22H33N3O3/c1-15(26)20-5-3-4-18(22(20)16(2)27)14-24-12-17(13-24)6-7-21(28)25-10-8-19(23)9-11-25/h3-5,16-17,19,27H,6-14,23H2,1-2H3. The second-order valence-electron chi connectivity index (χ2n) is 8.43. The van der Waals surface area contributed by atoms with E-state index in [0.717, 1.165) is 63.1 Å².